The molecule has 1 aliphatic heterocycles. The van der Waals surface area contributed by atoms with E-state index in [2.05, 4.69) is 46.3 Å². The molecule has 2 aromatic rings. The van der Waals surface area contributed by atoms with Gasteiger partial charge in [0.05, 0.1) is 6.54 Å². The van der Waals surface area contributed by atoms with Crippen LogP contribution in [0.4, 0.5) is 0 Å². The summed E-state index contributed by atoms with van der Waals surface area (Å²) in [4.78, 5) is 18.5. The fraction of sp³-hybridized carbons (Fsp3) is 0.526. The molecule has 25 heavy (non-hydrogen) atoms. The van der Waals surface area contributed by atoms with Gasteiger partial charge in [-0.2, -0.15) is 4.98 Å². The normalized spacial score (nSPS) is 16.3. The van der Waals surface area contributed by atoms with Crippen molar-refractivity contribution in [2.45, 2.75) is 39.2 Å². The lowest BCUT2D eigenvalue weighted by Gasteiger charge is -2.29. The van der Waals surface area contributed by atoms with Crippen molar-refractivity contribution in [1.82, 2.24) is 20.4 Å². The summed E-state index contributed by atoms with van der Waals surface area (Å²) in [5, 5.41) is 6.84. The quantitative estimate of drug-likeness (QED) is 0.905. The standard InChI is InChI=1S/C19H26N4O2/c1-13(2)14-4-6-15(7-5-14)18-21-17(25-22-18)12-23-10-8-16(9-11-23)19(24)20-3/h4-7,13,16H,8-12H2,1-3H3,(H,20,24). The minimum Gasteiger partial charge on any atom is -0.359 e. The molecule has 0 atom stereocenters. The van der Waals surface area contributed by atoms with E-state index in [-0.39, 0.29) is 11.8 Å². The van der Waals surface area contributed by atoms with Crippen LogP contribution < -0.4 is 5.32 Å². The number of amides is 1. The van der Waals surface area contributed by atoms with E-state index in [1.807, 2.05) is 12.1 Å². The molecule has 1 N–H and O–H groups in total. The first kappa shape index (κ1) is 17.6. The van der Waals surface area contributed by atoms with Gasteiger partial charge in [-0.05, 0) is 37.4 Å². The molecule has 6 heteroatoms. The molecule has 1 aromatic carbocycles. The fourth-order valence-corrected chi connectivity index (χ4v) is 3.20. The second-order valence-corrected chi connectivity index (χ2v) is 6.95. The van der Waals surface area contributed by atoms with Crippen LogP contribution in [0.1, 0.15) is 44.1 Å². The molecule has 1 aliphatic rings. The Hall–Kier alpha value is -2.21. The van der Waals surface area contributed by atoms with Crippen molar-refractivity contribution in [3.8, 4) is 11.4 Å². The highest BCUT2D eigenvalue weighted by atomic mass is 16.5. The molecule has 6 nitrogen and oxygen atoms in total. The molecule has 2 heterocycles. The minimum absolute atomic E-state index is 0.124. The molecule has 1 aromatic heterocycles. The third kappa shape index (κ3) is 4.25. The Bertz CT molecular complexity index is 700. The molecule has 0 saturated carbocycles. The Morgan fingerprint density at radius 1 is 1.28 bits per heavy atom. The third-order valence-corrected chi connectivity index (χ3v) is 4.87. The number of hydrogen-bond acceptors (Lipinski definition) is 5. The number of nitrogens with zero attached hydrogens (tertiary/aromatic N) is 3. The Morgan fingerprint density at radius 2 is 1.96 bits per heavy atom. The number of carbonyl (C=O) groups is 1. The van der Waals surface area contributed by atoms with Crippen LogP contribution in [-0.4, -0.2) is 41.1 Å². The van der Waals surface area contributed by atoms with E-state index in [1.165, 1.54) is 5.56 Å². The van der Waals surface area contributed by atoms with Crippen LogP contribution in [-0.2, 0) is 11.3 Å². The van der Waals surface area contributed by atoms with Gasteiger partial charge in [-0.1, -0.05) is 43.3 Å². The van der Waals surface area contributed by atoms with E-state index < -0.39 is 0 Å². The maximum absolute atomic E-state index is 11.7. The van der Waals surface area contributed by atoms with Crippen LogP contribution in [0.2, 0.25) is 0 Å². The van der Waals surface area contributed by atoms with Gasteiger partial charge in [0.25, 0.3) is 0 Å². The summed E-state index contributed by atoms with van der Waals surface area (Å²) in [5.74, 6) is 2.03. The van der Waals surface area contributed by atoms with Gasteiger partial charge in [-0.25, -0.2) is 0 Å². The van der Waals surface area contributed by atoms with E-state index in [0.717, 1.165) is 31.5 Å². The van der Waals surface area contributed by atoms with E-state index in [9.17, 15) is 4.79 Å². The van der Waals surface area contributed by atoms with Gasteiger partial charge in [0.2, 0.25) is 17.6 Å². The number of benzene rings is 1. The molecule has 0 spiro atoms. The number of aromatic nitrogens is 2. The number of hydrogen-bond donors (Lipinski definition) is 1. The summed E-state index contributed by atoms with van der Waals surface area (Å²) in [6.07, 6.45) is 1.74. The Kier molecular flexibility index (Phi) is 5.48. The van der Waals surface area contributed by atoms with Gasteiger partial charge in [-0.15, -0.1) is 0 Å². The summed E-state index contributed by atoms with van der Waals surface area (Å²) >= 11 is 0. The fourth-order valence-electron chi connectivity index (χ4n) is 3.20. The molecular formula is C19H26N4O2. The summed E-state index contributed by atoms with van der Waals surface area (Å²) in [6.45, 7) is 6.73. The zero-order valence-electron chi connectivity index (χ0n) is 15.2. The summed E-state index contributed by atoms with van der Waals surface area (Å²) in [7, 11) is 1.70. The van der Waals surface area contributed by atoms with Crippen LogP contribution in [0.15, 0.2) is 28.8 Å². The van der Waals surface area contributed by atoms with Crippen LogP contribution in [0.25, 0.3) is 11.4 Å². The summed E-state index contributed by atoms with van der Waals surface area (Å²) in [6, 6.07) is 8.30. The van der Waals surface area contributed by atoms with Crippen LogP contribution >= 0.6 is 0 Å². The van der Waals surface area contributed by atoms with Crippen molar-refractivity contribution in [2.75, 3.05) is 20.1 Å². The molecule has 0 aliphatic carbocycles. The van der Waals surface area contributed by atoms with Gasteiger partial charge in [0.1, 0.15) is 0 Å². The van der Waals surface area contributed by atoms with E-state index in [1.54, 1.807) is 7.05 Å². The van der Waals surface area contributed by atoms with Crippen molar-refractivity contribution >= 4 is 5.91 Å². The number of piperidine rings is 1. The predicted octanol–water partition coefficient (Wildman–Crippen LogP) is 2.82. The van der Waals surface area contributed by atoms with Crippen molar-refractivity contribution in [2.24, 2.45) is 5.92 Å². The Labute approximate surface area is 148 Å². The molecule has 1 amide bonds. The molecule has 134 valence electrons. The van der Waals surface area contributed by atoms with Gasteiger partial charge in [0.15, 0.2) is 0 Å². The molecule has 0 unspecified atom stereocenters. The molecule has 1 fully saturated rings. The lowest BCUT2D eigenvalue weighted by molar-refractivity contribution is -0.125. The van der Waals surface area contributed by atoms with Crippen LogP contribution in [0.3, 0.4) is 0 Å². The molecule has 3 rings (SSSR count). The second-order valence-electron chi connectivity index (χ2n) is 6.95. The van der Waals surface area contributed by atoms with Gasteiger partial charge < -0.3 is 9.84 Å². The molecular weight excluding hydrogens is 316 g/mol. The van der Waals surface area contributed by atoms with Gasteiger partial charge in [0, 0.05) is 18.5 Å². The molecule has 1 saturated heterocycles. The van der Waals surface area contributed by atoms with Crippen molar-refractivity contribution < 1.29 is 9.32 Å². The molecule has 0 bridgehead atoms. The van der Waals surface area contributed by atoms with Gasteiger partial charge in [-0.3, -0.25) is 9.69 Å². The predicted molar refractivity (Wildman–Crippen MR) is 95.9 cm³/mol. The summed E-state index contributed by atoms with van der Waals surface area (Å²) in [5.41, 5.74) is 2.27. The zero-order chi connectivity index (χ0) is 17.8. The first-order chi connectivity index (χ1) is 12.1. The van der Waals surface area contributed by atoms with Crippen LogP contribution in [0.5, 0.6) is 0 Å². The van der Waals surface area contributed by atoms with Crippen molar-refractivity contribution in [1.29, 1.82) is 0 Å². The number of nitrogens with one attached hydrogen (secondary N) is 1. The van der Waals surface area contributed by atoms with Crippen molar-refractivity contribution in [3.05, 3.63) is 35.7 Å². The highest BCUT2D eigenvalue weighted by Crippen LogP contribution is 2.22. The highest BCUT2D eigenvalue weighted by Gasteiger charge is 2.25. The topological polar surface area (TPSA) is 71.3 Å². The first-order valence-electron chi connectivity index (χ1n) is 8.93. The van der Waals surface area contributed by atoms with Crippen LogP contribution in [0, 0.1) is 5.92 Å². The SMILES string of the molecule is CNC(=O)C1CCN(Cc2nc(-c3ccc(C(C)C)cc3)no2)CC1. The maximum Gasteiger partial charge on any atom is 0.241 e. The number of likely N-dealkylation sites (tertiary alicyclic amines) is 1. The molecule has 0 radical (unpaired) electrons. The van der Waals surface area contributed by atoms with E-state index in [4.69, 9.17) is 4.52 Å². The van der Waals surface area contributed by atoms with E-state index >= 15 is 0 Å². The minimum atomic E-state index is 0.124. The maximum atomic E-state index is 11.7. The zero-order valence-corrected chi connectivity index (χ0v) is 15.2. The Balaban J connectivity index is 1.58. The van der Waals surface area contributed by atoms with E-state index in [0.29, 0.717) is 24.2 Å². The lowest BCUT2D eigenvalue weighted by Crippen LogP contribution is -2.39. The van der Waals surface area contributed by atoms with Crippen molar-refractivity contribution in [3.63, 3.8) is 0 Å². The number of rotatable bonds is 5. The summed E-state index contributed by atoms with van der Waals surface area (Å²) < 4.78 is 5.41. The first-order valence-corrected chi connectivity index (χ1v) is 8.93. The largest absolute Gasteiger partial charge is 0.359 e. The monoisotopic (exact) mass is 342 g/mol. The smallest absolute Gasteiger partial charge is 0.241 e. The third-order valence-electron chi connectivity index (χ3n) is 4.87. The van der Waals surface area contributed by atoms with Gasteiger partial charge >= 0.3 is 0 Å². The average Bonchev–Trinajstić information content (AvgIpc) is 3.10. The Morgan fingerprint density at radius 3 is 2.56 bits per heavy atom. The highest BCUT2D eigenvalue weighted by molar-refractivity contribution is 5.78. The lowest BCUT2D eigenvalue weighted by atomic mass is 9.96. The average molecular weight is 342 g/mol. The number of carbonyl (C=O) groups excluding carboxylic acids is 1. The second kappa shape index (κ2) is 7.78.